The third kappa shape index (κ3) is 5.24. The van der Waals surface area contributed by atoms with Crippen molar-refractivity contribution < 1.29 is 14.3 Å². The average Bonchev–Trinajstić information content (AvgIpc) is 2.52. The highest BCUT2D eigenvalue weighted by Crippen LogP contribution is 2.25. The summed E-state index contributed by atoms with van der Waals surface area (Å²) >= 11 is 4.85. The molecule has 0 aromatic heterocycles. The molecule has 1 saturated heterocycles. The molecule has 1 fully saturated rings. The second-order valence-electron chi connectivity index (χ2n) is 6.29. The Morgan fingerprint density at radius 2 is 1.96 bits per heavy atom. The molecule has 2 rings (SSSR count). The van der Waals surface area contributed by atoms with Crippen LogP contribution in [-0.4, -0.2) is 41.2 Å². The van der Waals surface area contributed by atoms with Crippen LogP contribution < -0.4 is 0 Å². The molecule has 1 heterocycles. The number of hydrogen-bond donors (Lipinski definition) is 0. The Kier molecular flexibility index (Phi) is 7.16. The topological polar surface area (TPSA) is 46.6 Å². The van der Waals surface area contributed by atoms with Crippen LogP contribution >= 0.6 is 27.7 Å². The summed E-state index contributed by atoms with van der Waals surface area (Å²) in [6, 6.07) is 6.37. The van der Waals surface area contributed by atoms with Crippen LogP contribution in [0, 0.1) is 6.92 Å². The molecule has 0 spiro atoms. The molecule has 1 aromatic carbocycles. The van der Waals surface area contributed by atoms with Crippen molar-refractivity contribution in [2.24, 2.45) is 0 Å². The van der Waals surface area contributed by atoms with Gasteiger partial charge in [-0.05, 0) is 63.8 Å². The maximum atomic E-state index is 12.3. The third-order valence-electron chi connectivity index (χ3n) is 4.32. The van der Waals surface area contributed by atoms with Crippen molar-refractivity contribution in [3.63, 3.8) is 0 Å². The predicted octanol–water partition coefficient (Wildman–Crippen LogP) is 4.18. The van der Waals surface area contributed by atoms with Gasteiger partial charge in [0.25, 0.3) is 5.91 Å². The van der Waals surface area contributed by atoms with Crippen LogP contribution in [0.5, 0.6) is 0 Å². The fourth-order valence-electron chi connectivity index (χ4n) is 3.08. The normalized spacial score (nSPS) is 20.8. The highest BCUT2D eigenvalue weighted by atomic mass is 79.9. The van der Waals surface area contributed by atoms with E-state index in [1.807, 2.05) is 30.0 Å². The standard InChI is InChI=1S/C18H24BrNO3S/c1-12-9-15(19)7-8-16(12)24-11-18(22)23-10-17(21)20-13(2)5-4-6-14(20)3/h7-9,13-14H,4-6,10-11H2,1-3H3/t13-,14-/m1/s1. The molecule has 0 saturated carbocycles. The Bertz CT molecular complexity index is 598. The molecule has 2 atom stereocenters. The predicted molar refractivity (Wildman–Crippen MR) is 100 cm³/mol. The molecule has 0 radical (unpaired) electrons. The second-order valence-corrected chi connectivity index (χ2v) is 8.22. The molecule has 1 amide bonds. The van der Waals surface area contributed by atoms with Crippen LogP contribution in [0.2, 0.25) is 0 Å². The zero-order chi connectivity index (χ0) is 17.7. The first kappa shape index (κ1) is 19.3. The lowest BCUT2D eigenvalue weighted by atomic mass is 9.97. The van der Waals surface area contributed by atoms with E-state index >= 15 is 0 Å². The Hall–Kier alpha value is -1.01. The number of nitrogens with zero attached hydrogens (tertiary/aromatic N) is 1. The van der Waals surface area contributed by atoms with Crippen molar-refractivity contribution in [2.45, 2.75) is 57.0 Å². The Balaban J connectivity index is 1.79. The van der Waals surface area contributed by atoms with E-state index in [2.05, 4.69) is 29.8 Å². The van der Waals surface area contributed by atoms with Crippen LogP contribution in [0.4, 0.5) is 0 Å². The van der Waals surface area contributed by atoms with Gasteiger partial charge >= 0.3 is 5.97 Å². The SMILES string of the molecule is Cc1cc(Br)ccc1SCC(=O)OCC(=O)N1[C@H](C)CCC[C@H]1C. The lowest BCUT2D eigenvalue weighted by molar-refractivity contribution is -0.153. The maximum Gasteiger partial charge on any atom is 0.316 e. The summed E-state index contributed by atoms with van der Waals surface area (Å²) in [6.07, 6.45) is 3.18. The minimum absolute atomic E-state index is 0.0899. The van der Waals surface area contributed by atoms with Crippen LogP contribution in [-0.2, 0) is 14.3 Å². The summed E-state index contributed by atoms with van der Waals surface area (Å²) in [7, 11) is 0. The number of likely N-dealkylation sites (tertiary alicyclic amines) is 1. The lowest BCUT2D eigenvalue weighted by Crippen LogP contribution is -2.49. The minimum atomic E-state index is -0.354. The van der Waals surface area contributed by atoms with Gasteiger partial charge in [0.1, 0.15) is 0 Å². The van der Waals surface area contributed by atoms with Gasteiger partial charge in [-0.2, -0.15) is 0 Å². The number of amides is 1. The fourth-order valence-corrected chi connectivity index (χ4v) is 4.37. The molecule has 1 aromatic rings. The molecule has 4 nitrogen and oxygen atoms in total. The summed E-state index contributed by atoms with van der Waals surface area (Å²) in [4.78, 5) is 27.2. The van der Waals surface area contributed by atoms with Crippen LogP contribution in [0.15, 0.2) is 27.6 Å². The van der Waals surface area contributed by atoms with Crippen molar-refractivity contribution in [2.75, 3.05) is 12.4 Å². The summed E-state index contributed by atoms with van der Waals surface area (Å²) in [5.41, 5.74) is 1.11. The van der Waals surface area contributed by atoms with Crippen LogP contribution in [0.25, 0.3) is 0 Å². The largest absolute Gasteiger partial charge is 0.455 e. The molecular weight excluding hydrogens is 390 g/mol. The van der Waals surface area contributed by atoms with E-state index < -0.39 is 0 Å². The van der Waals surface area contributed by atoms with E-state index in [0.29, 0.717) is 0 Å². The van der Waals surface area contributed by atoms with Crippen molar-refractivity contribution in [1.82, 2.24) is 4.90 Å². The Labute approximate surface area is 156 Å². The smallest absolute Gasteiger partial charge is 0.316 e. The molecule has 6 heteroatoms. The van der Waals surface area contributed by atoms with E-state index in [0.717, 1.165) is 34.2 Å². The minimum Gasteiger partial charge on any atom is -0.455 e. The number of thioether (sulfide) groups is 1. The van der Waals surface area contributed by atoms with Crippen molar-refractivity contribution in [3.05, 3.63) is 28.2 Å². The van der Waals surface area contributed by atoms with E-state index in [1.54, 1.807) is 0 Å². The molecular formula is C18H24BrNO3S. The highest BCUT2D eigenvalue weighted by Gasteiger charge is 2.29. The van der Waals surface area contributed by atoms with Gasteiger partial charge in [-0.1, -0.05) is 15.9 Å². The monoisotopic (exact) mass is 413 g/mol. The van der Waals surface area contributed by atoms with Gasteiger partial charge in [-0.25, -0.2) is 0 Å². The summed E-state index contributed by atoms with van der Waals surface area (Å²) in [5.74, 6) is -0.234. The number of hydrogen-bond acceptors (Lipinski definition) is 4. The van der Waals surface area contributed by atoms with Crippen LogP contribution in [0.3, 0.4) is 0 Å². The van der Waals surface area contributed by atoms with Gasteiger partial charge in [0, 0.05) is 21.5 Å². The number of benzene rings is 1. The van der Waals surface area contributed by atoms with Crippen LogP contribution in [0.1, 0.15) is 38.7 Å². The van der Waals surface area contributed by atoms with E-state index in [9.17, 15) is 9.59 Å². The average molecular weight is 414 g/mol. The number of ether oxygens (including phenoxy) is 1. The maximum absolute atomic E-state index is 12.3. The number of aryl methyl sites for hydroxylation is 1. The first-order valence-corrected chi connectivity index (χ1v) is 10.0. The zero-order valence-corrected chi connectivity index (χ0v) is 16.8. The molecule has 1 aliphatic heterocycles. The summed E-state index contributed by atoms with van der Waals surface area (Å²) in [6.45, 7) is 5.96. The van der Waals surface area contributed by atoms with Gasteiger partial charge in [-0.15, -0.1) is 11.8 Å². The van der Waals surface area contributed by atoms with Crippen molar-refractivity contribution in [3.8, 4) is 0 Å². The van der Waals surface area contributed by atoms with Gasteiger partial charge < -0.3 is 9.64 Å². The number of carbonyl (C=O) groups excluding carboxylic acids is 2. The van der Waals surface area contributed by atoms with Crippen molar-refractivity contribution >= 4 is 39.6 Å². The first-order chi connectivity index (χ1) is 11.4. The van der Waals surface area contributed by atoms with Gasteiger partial charge in [-0.3, -0.25) is 9.59 Å². The Morgan fingerprint density at radius 1 is 1.29 bits per heavy atom. The third-order valence-corrected chi connectivity index (χ3v) is 5.96. The van der Waals surface area contributed by atoms with Gasteiger partial charge in [0.2, 0.25) is 0 Å². The summed E-state index contributed by atoms with van der Waals surface area (Å²) < 4.78 is 6.19. The summed E-state index contributed by atoms with van der Waals surface area (Å²) in [5, 5.41) is 0. The van der Waals surface area contributed by atoms with Gasteiger partial charge in [0.15, 0.2) is 6.61 Å². The lowest BCUT2D eigenvalue weighted by Gasteiger charge is -2.38. The first-order valence-electron chi connectivity index (χ1n) is 8.24. The number of esters is 1. The molecule has 0 aliphatic carbocycles. The Morgan fingerprint density at radius 3 is 2.58 bits per heavy atom. The van der Waals surface area contributed by atoms with E-state index in [4.69, 9.17) is 4.74 Å². The van der Waals surface area contributed by atoms with E-state index in [1.165, 1.54) is 11.8 Å². The molecule has 0 N–H and O–H groups in total. The fraction of sp³-hybridized carbons (Fsp3) is 0.556. The molecule has 132 valence electrons. The number of halogens is 1. The highest BCUT2D eigenvalue weighted by molar-refractivity contribution is 9.10. The van der Waals surface area contributed by atoms with Crippen molar-refractivity contribution in [1.29, 1.82) is 0 Å². The molecule has 0 bridgehead atoms. The number of carbonyl (C=O) groups is 2. The molecule has 0 unspecified atom stereocenters. The quantitative estimate of drug-likeness (QED) is 0.536. The van der Waals surface area contributed by atoms with E-state index in [-0.39, 0.29) is 36.3 Å². The molecule has 1 aliphatic rings. The number of piperidine rings is 1. The second kappa shape index (κ2) is 8.90. The molecule has 24 heavy (non-hydrogen) atoms. The van der Waals surface area contributed by atoms with Gasteiger partial charge in [0.05, 0.1) is 5.75 Å². The zero-order valence-electron chi connectivity index (χ0n) is 14.4. The number of rotatable bonds is 5.